The Morgan fingerprint density at radius 3 is 2.53 bits per heavy atom. The normalized spacial score (nSPS) is 43.5. The summed E-state index contributed by atoms with van der Waals surface area (Å²) < 4.78 is 0. The second kappa shape index (κ2) is 8.42. The maximum Gasteiger partial charge on any atom is 0.0543 e. The second-order valence-electron chi connectivity index (χ2n) is 12.6. The Morgan fingerprint density at radius 2 is 1.83 bits per heavy atom. The van der Waals surface area contributed by atoms with Gasteiger partial charge in [-0.25, -0.2) is 0 Å². The van der Waals surface area contributed by atoms with E-state index < -0.39 is 0 Å². The maximum atomic E-state index is 10.3. The van der Waals surface area contributed by atoms with Gasteiger partial charge in [-0.1, -0.05) is 64.8 Å². The van der Waals surface area contributed by atoms with Crippen molar-refractivity contribution in [3.63, 3.8) is 0 Å². The van der Waals surface area contributed by atoms with Crippen LogP contribution in [0.3, 0.4) is 0 Å². The third-order valence-corrected chi connectivity index (χ3v) is 10.5. The summed E-state index contributed by atoms with van der Waals surface area (Å²) in [7, 11) is 0. The molecule has 0 radical (unpaired) electrons. The second-order valence-corrected chi connectivity index (χ2v) is 12.6. The predicted octanol–water partition coefficient (Wildman–Crippen LogP) is 7.94. The number of aliphatic hydroxyl groups excluding tert-OH is 1. The first-order valence-electron chi connectivity index (χ1n) is 13.3. The third-order valence-electron chi connectivity index (χ3n) is 10.5. The van der Waals surface area contributed by atoms with Crippen LogP contribution < -0.4 is 0 Å². The summed E-state index contributed by atoms with van der Waals surface area (Å²) in [5, 5.41) is 10.3. The standard InChI is InChI=1S/C29H48O/c1-7-21(19(2)3)9-8-20(4)22-16-27-25-11-10-23-17-24(30)12-15-29(23,6)26(25)13-14-28(27,5)18-22/h8-9,19-24,26,30H,7,10-18H2,1-6H3/t20-,21-,22+,23+,24+,26+,28-,29+/m1/s1. The van der Waals surface area contributed by atoms with Crippen molar-refractivity contribution in [2.75, 3.05) is 0 Å². The molecule has 8 atom stereocenters. The summed E-state index contributed by atoms with van der Waals surface area (Å²) in [6.45, 7) is 14.7. The van der Waals surface area contributed by atoms with Crippen molar-refractivity contribution in [1.29, 1.82) is 0 Å². The Hall–Kier alpha value is -0.560. The number of allylic oxidation sites excluding steroid dienone is 4. The van der Waals surface area contributed by atoms with Crippen LogP contribution in [0.1, 0.15) is 106 Å². The average molecular weight is 413 g/mol. The molecule has 0 aliphatic heterocycles. The lowest BCUT2D eigenvalue weighted by Gasteiger charge is -2.56. The lowest BCUT2D eigenvalue weighted by atomic mass is 9.49. The Morgan fingerprint density at radius 1 is 1.07 bits per heavy atom. The van der Waals surface area contributed by atoms with Crippen molar-refractivity contribution >= 4 is 0 Å². The molecule has 4 rings (SSSR count). The van der Waals surface area contributed by atoms with Gasteiger partial charge in [0.05, 0.1) is 6.10 Å². The molecular formula is C29H48O. The van der Waals surface area contributed by atoms with Gasteiger partial charge in [-0.05, 0) is 111 Å². The van der Waals surface area contributed by atoms with Gasteiger partial charge in [0, 0.05) is 0 Å². The van der Waals surface area contributed by atoms with E-state index >= 15 is 0 Å². The highest BCUT2D eigenvalue weighted by Gasteiger charge is 2.54. The minimum Gasteiger partial charge on any atom is -0.393 e. The quantitative estimate of drug-likeness (QED) is 0.454. The van der Waals surface area contributed by atoms with E-state index in [4.69, 9.17) is 0 Å². The molecule has 0 aromatic heterocycles. The summed E-state index contributed by atoms with van der Waals surface area (Å²) in [6.07, 6.45) is 17.9. The summed E-state index contributed by atoms with van der Waals surface area (Å²) in [4.78, 5) is 0. The van der Waals surface area contributed by atoms with Crippen molar-refractivity contribution in [1.82, 2.24) is 0 Å². The average Bonchev–Trinajstić information content (AvgIpc) is 3.06. The van der Waals surface area contributed by atoms with Crippen LogP contribution in [0.2, 0.25) is 0 Å². The van der Waals surface area contributed by atoms with E-state index in [0.717, 1.165) is 42.4 Å². The summed E-state index contributed by atoms with van der Waals surface area (Å²) >= 11 is 0. The largest absolute Gasteiger partial charge is 0.393 e. The molecule has 0 unspecified atom stereocenters. The highest BCUT2D eigenvalue weighted by Crippen LogP contribution is 2.64. The fraction of sp³-hybridized carbons (Fsp3) is 0.862. The molecule has 30 heavy (non-hydrogen) atoms. The highest BCUT2D eigenvalue weighted by atomic mass is 16.3. The van der Waals surface area contributed by atoms with Crippen molar-refractivity contribution in [3.8, 4) is 0 Å². The first kappa shape index (κ1) is 22.6. The van der Waals surface area contributed by atoms with E-state index in [2.05, 4.69) is 53.7 Å². The molecule has 1 N–H and O–H groups in total. The van der Waals surface area contributed by atoms with Crippen LogP contribution in [-0.2, 0) is 0 Å². The van der Waals surface area contributed by atoms with Crippen molar-refractivity contribution < 1.29 is 5.11 Å². The lowest BCUT2D eigenvalue weighted by molar-refractivity contribution is -0.0357. The molecule has 0 amide bonds. The summed E-state index contributed by atoms with van der Waals surface area (Å²) in [6, 6.07) is 0. The Labute approximate surface area is 186 Å². The first-order valence-corrected chi connectivity index (χ1v) is 13.3. The van der Waals surface area contributed by atoms with Gasteiger partial charge in [0.15, 0.2) is 0 Å². The van der Waals surface area contributed by atoms with Gasteiger partial charge < -0.3 is 5.11 Å². The van der Waals surface area contributed by atoms with E-state index in [1.54, 1.807) is 0 Å². The number of fused-ring (bicyclic) bond motifs is 4. The van der Waals surface area contributed by atoms with Crippen LogP contribution in [0.25, 0.3) is 0 Å². The number of hydrogen-bond donors (Lipinski definition) is 1. The van der Waals surface area contributed by atoms with E-state index in [1.165, 1.54) is 51.4 Å². The Balaban J connectivity index is 1.54. The number of hydrogen-bond acceptors (Lipinski definition) is 1. The van der Waals surface area contributed by atoms with Crippen LogP contribution in [-0.4, -0.2) is 11.2 Å². The maximum absolute atomic E-state index is 10.3. The molecule has 4 aliphatic carbocycles. The molecular weight excluding hydrogens is 364 g/mol. The van der Waals surface area contributed by atoms with E-state index in [9.17, 15) is 5.11 Å². The number of rotatable bonds is 5. The van der Waals surface area contributed by atoms with Gasteiger partial charge in [-0.3, -0.25) is 0 Å². The van der Waals surface area contributed by atoms with E-state index in [-0.39, 0.29) is 6.10 Å². The first-order chi connectivity index (χ1) is 14.2. The Bertz CT molecular complexity index is 686. The monoisotopic (exact) mass is 412 g/mol. The molecule has 3 fully saturated rings. The van der Waals surface area contributed by atoms with Crippen LogP contribution >= 0.6 is 0 Å². The molecule has 1 nitrogen and oxygen atoms in total. The third kappa shape index (κ3) is 3.87. The zero-order valence-corrected chi connectivity index (χ0v) is 20.7. The molecule has 0 bridgehead atoms. The minimum atomic E-state index is -0.0348. The molecule has 0 aromatic carbocycles. The molecule has 3 saturated carbocycles. The van der Waals surface area contributed by atoms with Gasteiger partial charge in [0.25, 0.3) is 0 Å². The van der Waals surface area contributed by atoms with Gasteiger partial charge >= 0.3 is 0 Å². The van der Waals surface area contributed by atoms with Gasteiger partial charge in [-0.15, -0.1) is 0 Å². The van der Waals surface area contributed by atoms with Crippen molar-refractivity contribution in [2.24, 2.45) is 46.3 Å². The van der Waals surface area contributed by atoms with Crippen molar-refractivity contribution in [3.05, 3.63) is 23.3 Å². The molecule has 0 saturated heterocycles. The predicted molar refractivity (Wildman–Crippen MR) is 128 cm³/mol. The molecule has 4 aliphatic rings. The molecule has 0 spiro atoms. The number of aliphatic hydroxyl groups is 1. The fourth-order valence-corrected chi connectivity index (χ4v) is 8.26. The highest BCUT2D eigenvalue weighted by molar-refractivity contribution is 5.34. The van der Waals surface area contributed by atoms with Crippen LogP contribution in [0, 0.1) is 46.3 Å². The van der Waals surface area contributed by atoms with Crippen LogP contribution in [0.4, 0.5) is 0 Å². The smallest absolute Gasteiger partial charge is 0.0543 e. The van der Waals surface area contributed by atoms with Crippen molar-refractivity contribution in [2.45, 2.75) is 112 Å². The van der Waals surface area contributed by atoms with E-state index in [0.29, 0.717) is 16.7 Å². The lowest BCUT2D eigenvalue weighted by Crippen LogP contribution is -2.47. The van der Waals surface area contributed by atoms with Gasteiger partial charge in [0.1, 0.15) is 0 Å². The summed E-state index contributed by atoms with van der Waals surface area (Å²) in [5.74, 6) is 4.56. The SMILES string of the molecule is CC[C@H](C=C[C@@H](C)[C@H]1CC2=C3CC[C@H]4C[C@@H](O)CC[C@]4(C)[C@H]3CC[C@]2(C)C1)C(C)C. The molecule has 0 heterocycles. The zero-order valence-electron chi connectivity index (χ0n) is 20.7. The van der Waals surface area contributed by atoms with Crippen LogP contribution in [0.5, 0.6) is 0 Å². The molecule has 1 heteroatoms. The van der Waals surface area contributed by atoms with Gasteiger partial charge in [0.2, 0.25) is 0 Å². The topological polar surface area (TPSA) is 20.2 Å². The van der Waals surface area contributed by atoms with Gasteiger partial charge in [-0.2, -0.15) is 0 Å². The van der Waals surface area contributed by atoms with Crippen LogP contribution in [0.15, 0.2) is 23.3 Å². The van der Waals surface area contributed by atoms with E-state index in [1.807, 2.05) is 11.1 Å². The molecule has 170 valence electrons. The minimum absolute atomic E-state index is 0.0348. The fourth-order valence-electron chi connectivity index (χ4n) is 8.26. The summed E-state index contributed by atoms with van der Waals surface area (Å²) in [5.41, 5.74) is 4.71. The molecule has 0 aromatic rings. The zero-order chi connectivity index (χ0) is 21.7. The Kier molecular flexibility index (Phi) is 6.35.